The van der Waals surface area contributed by atoms with E-state index in [1.165, 1.54) is 0 Å². The average molecular weight is 287 g/mol. The van der Waals surface area contributed by atoms with Gasteiger partial charge in [0.2, 0.25) is 0 Å². The molecule has 1 saturated heterocycles. The van der Waals surface area contributed by atoms with Crippen LogP contribution in [0.1, 0.15) is 20.8 Å². The molecule has 0 radical (unpaired) electrons. The van der Waals surface area contributed by atoms with Crippen molar-refractivity contribution in [2.24, 2.45) is 5.92 Å². The van der Waals surface area contributed by atoms with Crippen LogP contribution in [0.25, 0.3) is 0 Å². The van der Waals surface area contributed by atoms with Crippen LogP contribution in [0.4, 0.5) is 5.69 Å². The zero-order valence-electron chi connectivity index (χ0n) is 11.1. The maximum absolute atomic E-state index is 6.33. The molecule has 0 spiro atoms. The lowest BCUT2D eigenvalue weighted by Gasteiger charge is -2.43. The molecule has 1 aliphatic rings. The SMILES string of the molecule is CC1CN(c2c(Cl)cccc2Cl)C(C(C)C)CN1. The molecule has 2 rings (SSSR count). The lowest BCUT2D eigenvalue weighted by atomic mass is 9.98. The highest BCUT2D eigenvalue weighted by Gasteiger charge is 2.30. The molecular formula is C14H20Cl2N2. The maximum atomic E-state index is 6.33. The summed E-state index contributed by atoms with van der Waals surface area (Å²) in [5.74, 6) is 0.553. The minimum Gasteiger partial charge on any atom is -0.363 e. The van der Waals surface area contributed by atoms with Crippen LogP contribution in [-0.2, 0) is 0 Å². The Morgan fingerprint density at radius 2 is 1.89 bits per heavy atom. The van der Waals surface area contributed by atoms with Crippen LogP contribution in [-0.4, -0.2) is 25.2 Å². The Kier molecular flexibility index (Phi) is 4.41. The monoisotopic (exact) mass is 286 g/mol. The maximum Gasteiger partial charge on any atom is 0.0748 e. The van der Waals surface area contributed by atoms with Gasteiger partial charge in [-0.15, -0.1) is 0 Å². The minimum absolute atomic E-state index is 0.429. The predicted molar refractivity (Wildman–Crippen MR) is 79.9 cm³/mol. The molecule has 0 saturated carbocycles. The summed E-state index contributed by atoms with van der Waals surface area (Å²) in [5.41, 5.74) is 0.980. The second-order valence-corrected chi connectivity index (χ2v) is 6.16. The Balaban J connectivity index is 2.38. The molecule has 100 valence electrons. The third kappa shape index (κ3) is 2.76. The van der Waals surface area contributed by atoms with Crippen molar-refractivity contribution in [1.29, 1.82) is 0 Å². The smallest absolute Gasteiger partial charge is 0.0748 e. The Bertz CT molecular complexity index is 400. The van der Waals surface area contributed by atoms with Gasteiger partial charge in [-0.05, 0) is 25.0 Å². The summed E-state index contributed by atoms with van der Waals surface area (Å²) in [7, 11) is 0. The standard InChI is InChI=1S/C14H20Cl2N2/c1-9(2)13-7-17-10(3)8-18(13)14-11(15)5-4-6-12(14)16/h4-6,9-10,13,17H,7-8H2,1-3H3. The molecule has 1 aromatic carbocycles. The number of halogens is 2. The summed E-state index contributed by atoms with van der Waals surface area (Å²) in [6, 6.07) is 6.59. The van der Waals surface area contributed by atoms with E-state index in [9.17, 15) is 0 Å². The van der Waals surface area contributed by atoms with Crippen LogP contribution in [0, 0.1) is 5.92 Å². The highest BCUT2D eigenvalue weighted by Crippen LogP contribution is 2.36. The molecule has 2 nitrogen and oxygen atoms in total. The van der Waals surface area contributed by atoms with Crippen molar-refractivity contribution in [3.8, 4) is 0 Å². The lowest BCUT2D eigenvalue weighted by Crippen LogP contribution is -2.57. The van der Waals surface area contributed by atoms with E-state index < -0.39 is 0 Å². The molecule has 2 atom stereocenters. The second kappa shape index (κ2) is 5.68. The molecule has 4 heteroatoms. The molecule has 1 aliphatic heterocycles. The summed E-state index contributed by atoms with van der Waals surface area (Å²) in [6.07, 6.45) is 0. The van der Waals surface area contributed by atoms with E-state index in [1.54, 1.807) is 0 Å². The van der Waals surface area contributed by atoms with Crippen molar-refractivity contribution in [2.75, 3.05) is 18.0 Å². The molecule has 0 aliphatic carbocycles. The summed E-state index contributed by atoms with van der Waals surface area (Å²) >= 11 is 12.7. The summed E-state index contributed by atoms with van der Waals surface area (Å²) in [6.45, 7) is 8.57. The first-order valence-electron chi connectivity index (χ1n) is 6.44. The Morgan fingerprint density at radius 1 is 1.28 bits per heavy atom. The molecule has 1 N–H and O–H groups in total. The number of anilines is 1. The molecular weight excluding hydrogens is 267 g/mol. The van der Waals surface area contributed by atoms with E-state index in [1.807, 2.05) is 18.2 Å². The Labute approximate surface area is 119 Å². The van der Waals surface area contributed by atoms with Crippen LogP contribution in [0.2, 0.25) is 10.0 Å². The molecule has 0 bridgehead atoms. The van der Waals surface area contributed by atoms with Crippen molar-refractivity contribution in [2.45, 2.75) is 32.9 Å². The lowest BCUT2D eigenvalue weighted by molar-refractivity contribution is 0.349. The number of piperazine rings is 1. The van der Waals surface area contributed by atoms with E-state index in [-0.39, 0.29) is 0 Å². The van der Waals surface area contributed by atoms with Crippen molar-refractivity contribution < 1.29 is 0 Å². The number of rotatable bonds is 2. The number of benzene rings is 1. The molecule has 1 aromatic rings. The van der Waals surface area contributed by atoms with Crippen molar-refractivity contribution in [3.05, 3.63) is 28.2 Å². The quantitative estimate of drug-likeness (QED) is 0.889. The molecule has 2 unspecified atom stereocenters. The van der Waals surface area contributed by atoms with E-state index in [2.05, 4.69) is 31.0 Å². The van der Waals surface area contributed by atoms with Crippen molar-refractivity contribution in [3.63, 3.8) is 0 Å². The van der Waals surface area contributed by atoms with Gasteiger partial charge >= 0.3 is 0 Å². The fourth-order valence-corrected chi connectivity index (χ4v) is 3.16. The van der Waals surface area contributed by atoms with Gasteiger partial charge in [0, 0.05) is 25.2 Å². The zero-order chi connectivity index (χ0) is 13.3. The third-order valence-corrected chi connectivity index (χ3v) is 4.15. The van der Waals surface area contributed by atoms with Crippen LogP contribution >= 0.6 is 23.2 Å². The van der Waals surface area contributed by atoms with Gasteiger partial charge in [0.25, 0.3) is 0 Å². The minimum atomic E-state index is 0.429. The molecule has 0 amide bonds. The number of nitrogens with one attached hydrogen (secondary N) is 1. The van der Waals surface area contributed by atoms with E-state index in [0.29, 0.717) is 18.0 Å². The van der Waals surface area contributed by atoms with Gasteiger partial charge in [0.15, 0.2) is 0 Å². The number of nitrogens with zero attached hydrogens (tertiary/aromatic N) is 1. The van der Waals surface area contributed by atoms with Gasteiger partial charge in [0.1, 0.15) is 0 Å². The highest BCUT2D eigenvalue weighted by molar-refractivity contribution is 6.39. The van der Waals surface area contributed by atoms with Gasteiger partial charge < -0.3 is 10.2 Å². The molecule has 1 fully saturated rings. The molecule has 1 heterocycles. The Hall–Kier alpha value is -0.440. The van der Waals surface area contributed by atoms with Gasteiger partial charge in [0.05, 0.1) is 15.7 Å². The summed E-state index contributed by atoms with van der Waals surface area (Å²) in [4.78, 5) is 2.36. The second-order valence-electron chi connectivity index (χ2n) is 5.34. The fourth-order valence-electron chi connectivity index (χ4n) is 2.54. The van der Waals surface area contributed by atoms with Gasteiger partial charge in [-0.2, -0.15) is 0 Å². The van der Waals surface area contributed by atoms with E-state index in [0.717, 1.165) is 28.8 Å². The van der Waals surface area contributed by atoms with Gasteiger partial charge in [-0.3, -0.25) is 0 Å². The largest absolute Gasteiger partial charge is 0.363 e. The Morgan fingerprint density at radius 3 is 2.44 bits per heavy atom. The first-order valence-corrected chi connectivity index (χ1v) is 7.20. The van der Waals surface area contributed by atoms with Crippen LogP contribution < -0.4 is 10.2 Å². The van der Waals surface area contributed by atoms with Crippen LogP contribution in [0.5, 0.6) is 0 Å². The summed E-state index contributed by atoms with van der Waals surface area (Å²) < 4.78 is 0. The predicted octanol–water partition coefficient (Wildman–Crippen LogP) is 3.82. The van der Waals surface area contributed by atoms with Gasteiger partial charge in [-0.25, -0.2) is 0 Å². The summed E-state index contributed by atoms with van der Waals surface area (Å²) in [5, 5.41) is 5.00. The molecule has 18 heavy (non-hydrogen) atoms. The van der Waals surface area contributed by atoms with E-state index in [4.69, 9.17) is 23.2 Å². The average Bonchev–Trinajstić information content (AvgIpc) is 2.28. The highest BCUT2D eigenvalue weighted by atomic mass is 35.5. The number of para-hydroxylation sites is 1. The third-order valence-electron chi connectivity index (χ3n) is 3.54. The fraction of sp³-hybridized carbons (Fsp3) is 0.571. The first kappa shape index (κ1) is 14.0. The topological polar surface area (TPSA) is 15.3 Å². The van der Waals surface area contributed by atoms with Crippen molar-refractivity contribution in [1.82, 2.24) is 5.32 Å². The van der Waals surface area contributed by atoms with Crippen LogP contribution in [0.3, 0.4) is 0 Å². The van der Waals surface area contributed by atoms with E-state index >= 15 is 0 Å². The van der Waals surface area contributed by atoms with Gasteiger partial charge in [-0.1, -0.05) is 43.1 Å². The zero-order valence-corrected chi connectivity index (χ0v) is 12.6. The normalized spacial score (nSPS) is 24.7. The number of hydrogen-bond acceptors (Lipinski definition) is 2. The number of hydrogen-bond donors (Lipinski definition) is 1. The van der Waals surface area contributed by atoms with Crippen LogP contribution in [0.15, 0.2) is 18.2 Å². The first-order chi connectivity index (χ1) is 8.50. The van der Waals surface area contributed by atoms with Crippen molar-refractivity contribution >= 4 is 28.9 Å². The molecule has 0 aromatic heterocycles.